The number of benzene rings is 2. The second kappa shape index (κ2) is 11.9. The second-order valence-corrected chi connectivity index (χ2v) is 9.62. The lowest BCUT2D eigenvalue weighted by Gasteiger charge is -2.21. The third-order valence-electron chi connectivity index (χ3n) is 5.24. The van der Waals surface area contributed by atoms with Crippen LogP contribution in [0.2, 0.25) is 5.02 Å². The Morgan fingerprint density at radius 2 is 1.79 bits per heavy atom. The Morgan fingerprint density at radius 1 is 1.11 bits per heavy atom. The molecule has 0 aliphatic carbocycles. The predicted octanol–water partition coefficient (Wildman–Crippen LogP) is 5.18. The number of carbonyl (C=O) groups is 2. The second-order valence-electron chi connectivity index (χ2n) is 9.18. The quantitative estimate of drug-likeness (QED) is 0.393. The summed E-state index contributed by atoms with van der Waals surface area (Å²) in [6.07, 6.45) is 0.0291. The number of nitrogens with one attached hydrogen (secondary N) is 1. The highest BCUT2D eigenvalue weighted by Gasteiger charge is 2.25. The van der Waals surface area contributed by atoms with Crippen LogP contribution < -0.4 is 15.6 Å². The number of esters is 1. The van der Waals surface area contributed by atoms with Crippen molar-refractivity contribution in [3.05, 3.63) is 81.2 Å². The van der Waals surface area contributed by atoms with Crippen molar-refractivity contribution in [1.82, 2.24) is 4.57 Å². The molecule has 1 N–H and O–H groups in total. The van der Waals surface area contributed by atoms with Gasteiger partial charge in [-0.05, 0) is 70.2 Å². The maximum absolute atomic E-state index is 13.2. The maximum Gasteiger partial charge on any atom is 0.338 e. The molecule has 0 spiro atoms. The van der Waals surface area contributed by atoms with E-state index in [9.17, 15) is 19.6 Å². The molecular formula is C28H28ClN3O6. The third kappa shape index (κ3) is 6.79. The van der Waals surface area contributed by atoms with Gasteiger partial charge in [0.1, 0.15) is 11.4 Å². The lowest BCUT2D eigenvalue weighted by Crippen LogP contribution is -2.35. The number of nitrogens with zero attached hydrogens (tertiary/aromatic N) is 2. The average molecular weight is 538 g/mol. The first-order chi connectivity index (χ1) is 18.0. The molecule has 0 aliphatic rings. The molecule has 3 rings (SSSR count). The molecule has 0 radical (unpaired) electrons. The summed E-state index contributed by atoms with van der Waals surface area (Å²) in [6.45, 7) is 7.15. The van der Waals surface area contributed by atoms with Gasteiger partial charge in [0, 0.05) is 34.5 Å². The number of rotatable bonds is 8. The summed E-state index contributed by atoms with van der Waals surface area (Å²) in [6, 6.07) is 14.2. The van der Waals surface area contributed by atoms with Crippen LogP contribution in [-0.4, -0.2) is 35.8 Å². The van der Waals surface area contributed by atoms with Crippen molar-refractivity contribution in [2.45, 2.75) is 39.5 Å². The van der Waals surface area contributed by atoms with Gasteiger partial charge < -0.3 is 19.5 Å². The summed E-state index contributed by atoms with van der Waals surface area (Å²) in [5, 5.41) is 12.6. The van der Waals surface area contributed by atoms with E-state index in [4.69, 9.17) is 25.8 Å². The van der Waals surface area contributed by atoms with Crippen LogP contribution in [0, 0.1) is 11.3 Å². The fourth-order valence-electron chi connectivity index (χ4n) is 3.59. The zero-order chi connectivity index (χ0) is 28.0. The van der Waals surface area contributed by atoms with E-state index in [0.29, 0.717) is 33.0 Å². The summed E-state index contributed by atoms with van der Waals surface area (Å²) in [4.78, 5) is 38.6. The first-order valence-corrected chi connectivity index (χ1v) is 12.1. The van der Waals surface area contributed by atoms with E-state index in [1.54, 1.807) is 58.0 Å². The van der Waals surface area contributed by atoms with Crippen molar-refractivity contribution >= 4 is 29.2 Å². The van der Waals surface area contributed by atoms with Crippen molar-refractivity contribution in [2.75, 3.05) is 19.0 Å². The molecular weight excluding hydrogens is 510 g/mol. The fourth-order valence-corrected chi connectivity index (χ4v) is 3.76. The number of carbonyl (C=O) groups excluding carboxylic acids is 2. The van der Waals surface area contributed by atoms with Gasteiger partial charge in [-0.1, -0.05) is 11.6 Å². The monoisotopic (exact) mass is 537 g/mol. The van der Waals surface area contributed by atoms with Crippen LogP contribution in [0.5, 0.6) is 5.75 Å². The van der Waals surface area contributed by atoms with Gasteiger partial charge in [0.15, 0.2) is 0 Å². The molecule has 0 saturated heterocycles. The molecule has 0 saturated carbocycles. The summed E-state index contributed by atoms with van der Waals surface area (Å²) >= 11 is 6.12. The topological polar surface area (TPSA) is 120 Å². The van der Waals surface area contributed by atoms with Gasteiger partial charge in [-0.25, -0.2) is 4.79 Å². The number of halogens is 1. The average Bonchev–Trinajstić information content (AvgIpc) is 2.86. The normalized spacial score (nSPS) is 11.8. The minimum absolute atomic E-state index is 0.138. The number of hydrogen-bond acceptors (Lipinski definition) is 7. The number of anilines is 1. The molecule has 198 valence electrons. The largest absolute Gasteiger partial charge is 0.495 e. The van der Waals surface area contributed by atoms with Gasteiger partial charge in [0.25, 0.3) is 11.5 Å². The molecule has 10 heteroatoms. The van der Waals surface area contributed by atoms with Crippen molar-refractivity contribution in [3.8, 4) is 22.9 Å². The molecule has 1 amide bonds. The molecule has 3 aromatic rings. The van der Waals surface area contributed by atoms with Crippen molar-refractivity contribution in [3.63, 3.8) is 0 Å². The Kier molecular flexibility index (Phi) is 8.94. The third-order valence-corrected chi connectivity index (χ3v) is 5.48. The molecule has 2 aromatic carbocycles. The molecule has 0 aliphatic heterocycles. The van der Waals surface area contributed by atoms with Crippen LogP contribution >= 0.6 is 11.6 Å². The molecule has 1 heterocycles. The summed E-state index contributed by atoms with van der Waals surface area (Å²) in [5.41, 5.74) is 0.596. The number of amides is 1. The summed E-state index contributed by atoms with van der Waals surface area (Å²) in [7, 11) is 1.41. The molecule has 1 aromatic heterocycles. The standard InChI is InChI=1S/C28H28ClN3O6/c1-6-37-26(25(34)31-20-11-8-17(9-12-20)27(35)38-28(2,3)4)32-16-23(36-5)22(14-24(32)33)21-13-19(29)10-7-18(21)15-30/h7-14,16,26H,6H2,1-5H3,(H,31,34). The maximum atomic E-state index is 13.2. The minimum atomic E-state index is -1.32. The van der Waals surface area contributed by atoms with E-state index in [2.05, 4.69) is 11.4 Å². The number of ether oxygens (including phenoxy) is 3. The van der Waals surface area contributed by atoms with E-state index in [-0.39, 0.29) is 12.4 Å². The first kappa shape index (κ1) is 28.4. The van der Waals surface area contributed by atoms with Crippen molar-refractivity contribution in [1.29, 1.82) is 5.26 Å². The number of pyridine rings is 1. The molecule has 38 heavy (non-hydrogen) atoms. The SMILES string of the molecule is CCOC(C(=O)Nc1ccc(C(=O)OC(C)(C)C)cc1)n1cc(OC)c(-c2cc(Cl)ccc2C#N)cc1=O. The number of aromatic nitrogens is 1. The van der Waals surface area contributed by atoms with E-state index < -0.39 is 29.3 Å². The number of nitriles is 1. The van der Waals surface area contributed by atoms with Gasteiger partial charge >= 0.3 is 5.97 Å². The Balaban J connectivity index is 1.92. The number of methoxy groups -OCH3 is 1. The molecule has 0 bridgehead atoms. The van der Waals surface area contributed by atoms with Crippen LogP contribution in [0.15, 0.2) is 59.5 Å². The predicted molar refractivity (Wildman–Crippen MR) is 143 cm³/mol. The first-order valence-electron chi connectivity index (χ1n) is 11.7. The van der Waals surface area contributed by atoms with Crippen LogP contribution in [0.4, 0.5) is 5.69 Å². The van der Waals surface area contributed by atoms with Gasteiger partial charge in [-0.2, -0.15) is 5.26 Å². The minimum Gasteiger partial charge on any atom is -0.495 e. The van der Waals surface area contributed by atoms with Crippen LogP contribution in [0.1, 0.15) is 49.8 Å². The van der Waals surface area contributed by atoms with E-state index in [0.717, 1.165) is 4.57 Å². The highest BCUT2D eigenvalue weighted by atomic mass is 35.5. The Bertz CT molecular complexity index is 1430. The van der Waals surface area contributed by atoms with E-state index in [1.807, 2.05) is 0 Å². The van der Waals surface area contributed by atoms with Crippen LogP contribution in [0.25, 0.3) is 11.1 Å². The Hall–Kier alpha value is -4.13. The fraction of sp³-hybridized carbons (Fsp3) is 0.286. The van der Waals surface area contributed by atoms with Gasteiger partial charge in [0.2, 0.25) is 6.23 Å². The summed E-state index contributed by atoms with van der Waals surface area (Å²) < 4.78 is 17.6. The molecule has 1 atom stereocenters. The van der Waals surface area contributed by atoms with Crippen LogP contribution in [0.3, 0.4) is 0 Å². The highest BCUT2D eigenvalue weighted by molar-refractivity contribution is 6.31. The lowest BCUT2D eigenvalue weighted by molar-refractivity contribution is -0.133. The smallest absolute Gasteiger partial charge is 0.338 e. The zero-order valence-corrected chi connectivity index (χ0v) is 22.5. The van der Waals surface area contributed by atoms with Crippen molar-refractivity contribution in [2.24, 2.45) is 0 Å². The molecule has 9 nitrogen and oxygen atoms in total. The van der Waals surface area contributed by atoms with Gasteiger partial charge in [-0.15, -0.1) is 0 Å². The van der Waals surface area contributed by atoms with E-state index >= 15 is 0 Å². The summed E-state index contributed by atoms with van der Waals surface area (Å²) in [5.74, 6) is -0.864. The highest BCUT2D eigenvalue weighted by Crippen LogP contribution is 2.33. The Labute approximate surface area is 225 Å². The van der Waals surface area contributed by atoms with Gasteiger partial charge in [0.05, 0.1) is 30.5 Å². The van der Waals surface area contributed by atoms with Crippen molar-refractivity contribution < 1.29 is 23.8 Å². The Morgan fingerprint density at radius 3 is 2.37 bits per heavy atom. The van der Waals surface area contributed by atoms with Crippen LogP contribution in [-0.2, 0) is 14.3 Å². The molecule has 1 unspecified atom stereocenters. The lowest BCUT2D eigenvalue weighted by atomic mass is 10.0. The van der Waals surface area contributed by atoms with Gasteiger partial charge in [-0.3, -0.25) is 14.2 Å². The zero-order valence-electron chi connectivity index (χ0n) is 21.7. The number of hydrogen-bond donors (Lipinski definition) is 1. The van der Waals surface area contributed by atoms with E-state index in [1.165, 1.54) is 31.5 Å². The molecule has 0 fully saturated rings.